The smallest absolute Gasteiger partial charge is 0.240 e. The van der Waals surface area contributed by atoms with Gasteiger partial charge >= 0.3 is 0 Å². The van der Waals surface area contributed by atoms with E-state index in [1.165, 1.54) is 0 Å². The fourth-order valence-electron chi connectivity index (χ4n) is 1.66. The van der Waals surface area contributed by atoms with Gasteiger partial charge in [0.1, 0.15) is 0 Å². The number of rotatable bonds is 3. The van der Waals surface area contributed by atoms with Crippen molar-refractivity contribution in [2.75, 3.05) is 7.05 Å². The van der Waals surface area contributed by atoms with Crippen molar-refractivity contribution >= 4 is 29.1 Å². The number of carbonyl (C=O) groups excluding carboxylic acids is 1. The van der Waals surface area contributed by atoms with Gasteiger partial charge in [0.25, 0.3) is 0 Å². The highest BCUT2D eigenvalue weighted by atomic mass is 35.5. The minimum absolute atomic E-state index is 0.0939. The Morgan fingerprint density at radius 2 is 1.74 bits per heavy atom. The van der Waals surface area contributed by atoms with Gasteiger partial charge in [0.05, 0.1) is 6.04 Å². The van der Waals surface area contributed by atoms with E-state index in [1.807, 2.05) is 20.8 Å². The second-order valence-electron chi connectivity index (χ2n) is 5.82. The molecule has 1 atom stereocenters. The van der Waals surface area contributed by atoms with Crippen LogP contribution in [0, 0.1) is 5.41 Å². The van der Waals surface area contributed by atoms with E-state index >= 15 is 0 Å². The normalized spacial score (nSPS) is 13.2. The monoisotopic (exact) mass is 302 g/mol. The summed E-state index contributed by atoms with van der Waals surface area (Å²) >= 11 is 11.9. The molecular formula is C14H20Cl2N2O. The van der Waals surface area contributed by atoms with Gasteiger partial charge in [0.15, 0.2) is 0 Å². The highest BCUT2D eigenvalue weighted by Gasteiger charge is 2.29. The Kier molecular flexibility index (Phi) is 5.25. The maximum atomic E-state index is 12.2. The topological polar surface area (TPSA) is 46.3 Å². The van der Waals surface area contributed by atoms with Crippen molar-refractivity contribution in [2.24, 2.45) is 11.1 Å². The Hall–Kier alpha value is -0.770. The van der Waals surface area contributed by atoms with Crippen LogP contribution < -0.4 is 5.73 Å². The van der Waals surface area contributed by atoms with Crippen LogP contribution in [0.3, 0.4) is 0 Å². The van der Waals surface area contributed by atoms with E-state index in [0.29, 0.717) is 16.6 Å². The molecular weight excluding hydrogens is 283 g/mol. The molecule has 0 heterocycles. The molecule has 2 N–H and O–H groups in total. The van der Waals surface area contributed by atoms with Crippen LogP contribution in [-0.2, 0) is 11.3 Å². The molecule has 0 aliphatic rings. The second kappa shape index (κ2) is 6.12. The van der Waals surface area contributed by atoms with Crippen molar-refractivity contribution in [3.05, 3.63) is 33.8 Å². The van der Waals surface area contributed by atoms with Crippen molar-refractivity contribution in [2.45, 2.75) is 33.4 Å². The Labute approximate surface area is 124 Å². The number of nitrogens with zero attached hydrogens (tertiary/aromatic N) is 1. The van der Waals surface area contributed by atoms with E-state index in [-0.39, 0.29) is 11.3 Å². The Bertz CT molecular complexity index is 449. The van der Waals surface area contributed by atoms with Crippen LogP contribution in [0.15, 0.2) is 18.2 Å². The van der Waals surface area contributed by atoms with Gasteiger partial charge in [-0.2, -0.15) is 0 Å². The van der Waals surface area contributed by atoms with Crippen molar-refractivity contribution in [3.8, 4) is 0 Å². The van der Waals surface area contributed by atoms with Crippen molar-refractivity contribution in [1.82, 2.24) is 4.90 Å². The number of hydrogen-bond acceptors (Lipinski definition) is 2. The SMILES string of the molecule is CN(Cc1cc(Cl)cc(Cl)c1)C(=O)[C@H](N)C(C)(C)C. The Balaban J connectivity index is 2.79. The third kappa shape index (κ3) is 4.68. The summed E-state index contributed by atoms with van der Waals surface area (Å²) in [6, 6.07) is 4.71. The summed E-state index contributed by atoms with van der Waals surface area (Å²) in [6.45, 7) is 6.27. The lowest BCUT2D eigenvalue weighted by Gasteiger charge is -2.30. The molecule has 0 unspecified atom stereocenters. The molecule has 1 amide bonds. The van der Waals surface area contributed by atoms with E-state index < -0.39 is 6.04 Å². The average molecular weight is 303 g/mol. The molecule has 3 nitrogen and oxygen atoms in total. The third-order valence-electron chi connectivity index (χ3n) is 2.92. The molecule has 19 heavy (non-hydrogen) atoms. The average Bonchev–Trinajstić information content (AvgIpc) is 2.24. The van der Waals surface area contributed by atoms with E-state index in [1.54, 1.807) is 30.1 Å². The van der Waals surface area contributed by atoms with E-state index in [9.17, 15) is 4.79 Å². The number of likely N-dealkylation sites (N-methyl/N-ethyl adjacent to an activating group) is 1. The largest absolute Gasteiger partial charge is 0.340 e. The lowest BCUT2D eigenvalue weighted by molar-refractivity contribution is -0.134. The fraction of sp³-hybridized carbons (Fsp3) is 0.500. The molecule has 106 valence electrons. The van der Waals surface area contributed by atoms with Crippen LogP contribution in [0.25, 0.3) is 0 Å². The highest BCUT2D eigenvalue weighted by molar-refractivity contribution is 6.34. The van der Waals surface area contributed by atoms with Crippen LogP contribution in [0.4, 0.5) is 0 Å². The number of carbonyl (C=O) groups is 1. The summed E-state index contributed by atoms with van der Waals surface area (Å²) in [6.07, 6.45) is 0. The molecule has 0 spiro atoms. The van der Waals surface area contributed by atoms with Crippen molar-refractivity contribution < 1.29 is 4.79 Å². The van der Waals surface area contributed by atoms with Crippen LogP contribution in [0.5, 0.6) is 0 Å². The van der Waals surface area contributed by atoms with Crippen LogP contribution in [-0.4, -0.2) is 23.9 Å². The standard InChI is InChI=1S/C14H20Cl2N2O/c1-14(2,3)12(17)13(19)18(4)8-9-5-10(15)7-11(16)6-9/h5-7,12H,8,17H2,1-4H3/t12-/m0/s1. The first-order chi connectivity index (χ1) is 8.61. The molecule has 0 aliphatic heterocycles. The van der Waals surface area contributed by atoms with E-state index in [4.69, 9.17) is 28.9 Å². The van der Waals surface area contributed by atoms with Gasteiger partial charge in [-0.1, -0.05) is 44.0 Å². The quantitative estimate of drug-likeness (QED) is 0.931. The molecule has 0 fully saturated rings. The first-order valence-corrected chi connectivity index (χ1v) is 6.82. The van der Waals surface area contributed by atoms with E-state index in [0.717, 1.165) is 5.56 Å². The van der Waals surface area contributed by atoms with Crippen molar-refractivity contribution in [1.29, 1.82) is 0 Å². The summed E-state index contributed by atoms with van der Waals surface area (Å²) < 4.78 is 0. The third-order valence-corrected chi connectivity index (χ3v) is 3.35. The van der Waals surface area contributed by atoms with Gasteiger partial charge < -0.3 is 10.6 Å². The number of halogens is 2. The second-order valence-corrected chi connectivity index (χ2v) is 6.69. The molecule has 1 aromatic carbocycles. The molecule has 1 rings (SSSR count). The zero-order valence-corrected chi connectivity index (χ0v) is 13.2. The molecule has 0 aromatic heterocycles. The van der Waals surface area contributed by atoms with Gasteiger partial charge in [0, 0.05) is 23.6 Å². The summed E-state index contributed by atoms with van der Waals surface area (Å²) in [5, 5.41) is 1.12. The molecule has 0 saturated heterocycles. The van der Waals surface area contributed by atoms with Gasteiger partial charge in [-0.3, -0.25) is 4.79 Å². The first-order valence-electron chi connectivity index (χ1n) is 6.07. The highest BCUT2D eigenvalue weighted by Crippen LogP contribution is 2.22. The van der Waals surface area contributed by atoms with Crippen LogP contribution >= 0.6 is 23.2 Å². The molecule has 0 saturated carbocycles. The first kappa shape index (κ1) is 16.3. The summed E-state index contributed by atoms with van der Waals surface area (Å²) in [5.74, 6) is -0.0939. The van der Waals surface area contributed by atoms with Gasteiger partial charge in [-0.25, -0.2) is 0 Å². The number of nitrogens with two attached hydrogens (primary N) is 1. The predicted molar refractivity (Wildman–Crippen MR) is 80.4 cm³/mol. The summed E-state index contributed by atoms with van der Waals surface area (Å²) in [7, 11) is 1.72. The van der Waals surface area contributed by atoms with E-state index in [2.05, 4.69) is 0 Å². The minimum Gasteiger partial charge on any atom is -0.340 e. The van der Waals surface area contributed by atoms with Crippen LogP contribution in [0.1, 0.15) is 26.3 Å². The number of hydrogen-bond donors (Lipinski definition) is 1. The molecule has 0 radical (unpaired) electrons. The van der Waals surface area contributed by atoms with Crippen molar-refractivity contribution in [3.63, 3.8) is 0 Å². The Morgan fingerprint density at radius 3 is 2.16 bits per heavy atom. The fourth-order valence-corrected chi connectivity index (χ4v) is 2.23. The van der Waals surface area contributed by atoms with Crippen LogP contribution in [0.2, 0.25) is 10.0 Å². The number of amides is 1. The molecule has 5 heteroatoms. The molecule has 0 aliphatic carbocycles. The lowest BCUT2D eigenvalue weighted by atomic mass is 9.86. The van der Waals surface area contributed by atoms with Gasteiger partial charge in [0.2, 0.25) is 5.91 Å². The predicted octanol–water partition coefficient (Wildman–Crippen LogP) is 3.33. The van der Waals surface area contributed by atoms with Gasteiger partial charge in [-0.15, -0.1) is 0 Å². The summed E-state index contributed by atoms with van der Waals surface area (Å²) in [4.78, 5) is 13.8. The molecule has 1 aromatic rings. The molecule has 0 bridgehead atoms. The maximum absolute atomic E-state index is 12.2. The zero-order valence-electron chi connectivity index (χ0n) is 11.7. The lowest BCUT2D eigenvalue weighted by Crippen LogP contribution is -2.48. The minimum atomic E-state index is -0.535. The zero-order chi connectivity index (χ0) is 14.8. The Morgan fingerprint density at radius 1 is 1.26 bits per heavy atom. The number of benzene rings is 1. The maximum Gasteiger partial charge on any atom is 0.240 e. The summed E-state index contributed by atoms with van der Waals surface area (Å²) in [5.41, 5.74) is 6.58. The van der Waals surface area contributed by atoms with Gasteiger partial charge in [-0.05, 0) is 29.2 Å².